The van der Waals surface area contributed by atoms with Gasteiger partial charge >= 0.3 is 6.01 Å². The van der Waals surface area contributed by atoms with Crippen molar-refractivity contribution in [3.63, 3.8) is 0 Å². The van der Waals surface area contributed by atoms with Crippen molar-refractivity contribution in [3.8, 4) is 0 Å². The van der Waals surface area contributed by atoms with Gasteiger partial charge in [-0.2, -0.15) is 0 Å². The monoisotopic (exact) mass is 297 g/mol. The lowest BCUT2D eigenvalue weighted by Crippen LogP contribution is -2.12. The van der Waals surface area contributed by atoms with E-state index in [9.17, 15) is 4.79 Å². The van der Waals surface area contributed by atoms with Gasteiger partial charge in [0.05, 0.1) is 5.88 Å². The van der Waals surface area contributed by atoms with Crippen LogP contribution in [-0.2, 0) is 11.3 Å². The summed E-state index contributed by atoms with van der Waals surface area (Å²) in [6.45, 7) is 7.57. The summed E-state index contributed by atoms with van der Waals surface area (Å²) < 4.78 is 10.7. The van der Waals surface area contributed by atoms with Crippen LogP contribution < -0.4 is 5.32 Å². The summed E-state index contributed by atoms with van der Waals surface area (Å²) in [6, 6.07) is 1.64. The van der Waals surface area contributed by atoms with Crippen molar-refractivity contribution in [3.05, 3.63) is 29.0 Å². The number of anilines is 1. The Morgan fingerprint density at radius 2 is 2.05 bits per heavy atom. The number of furan rings is 1. The molecule has 0 spiro atoms. The number of hydrogen-bond acceptors (Lipinski definition) is 5. The van der Waals surface area contributed by atoms with E-state index in [2.05, 4.69) is 15.5 Å². The first kappa shape index (κ1) is 14.6. The van der Waals surface area contributed by atoms with E-state index in [0.29, 0.717) is 11.7 Å². The zero-order chi connectivity index (χ0) is 14.9. The maximum atomic E-state index is 12.0. The number of nitrogens with zero attached hydrogens (tertiary/aromatic N) is 2. The van der Waals surface area contributed by atoms with E-state index in [4.69, 9.17) is 20.4 Å². The molecule has 2 aromatic rings. The third-order valence-corrected chi connectivity index (χ3v) is 2.96. The molecule has 2 heterocycles. The largest absolute Gasteiger partial charge is 0.456 e. The van der Waals surface area contributed by atoms with Crippen molar-refractivity contribution in [2.75, 3.05) is 5.32 Å². The normalized spacial score (nSPS) is 11.7. The van der Waals surface area contributed by atoms with Gasteiger partial charge in [0.15, 0.2) is 5.76 Å². The molecule has 0 atom stereocenters. The van der Waals surface area contributed by atoms with Crippen LogP contribution in [0.3, 0.4) is 0 Å². The fourth-order valence-electron chi connectivity index (χ4n) is 1.50. The second-order valence-corrected chi connectivity index (χ2v) is 5.71. The number of carbonyl (C=O) groups excluding carboxylic acids is 1. The van der Waals surface area contributed by atoms with Gasteiger partial charge in [-0.1, -0.05) is 25.9 Å². The Kier molecular flexibility index (Phi) is 3.85. The Balaban J connectivity index is 2.13. The van der Waals surface area contributed by atoms with Gasteiger partial charge in [-0.3, -0.25) is 10.1 Å². The minimum absolute atomic E-state index is 0.0430. The van der Waals surface area contributed by atoms with Crippen molar-refractivity contribution < 1.29 is 13.6 Å². The quantitative estimate of drug-likeness (QED) is 0.879. The highest BCUT2D eigenvalue weighted by Gasteiger charge is 2.23. The average Bonchev–Trinajstić information content (AvgIpc) is 2.95. The van der Waals surface area contributed by atoms with E-state index in [1.165, 1.54) is 0 Å². The topological polar surface area (TPSA) is 81.2 Å². The van der Waals surface area contributed by atoms with Crippen LogP contribution in [0.4, 0.5) is 6.01 Å². The Morgan fingerprint density at radius 1 is 1.35 bits per heavy atom. The fourth-order valence-corrected chi connectivity index (χ4v) is 1.77. The number of hydrogen-bond donors (Lipinski definition) is 1. The molecule has 0 unspecified atom stereocenters. The predicted molar refractivity (Wildman–Crippen MR) is 74.0 cm³/mol. The minimum Gasteiger partial charge on any atom is -0.456 e. The molecule has 0 saturated heterocycles. The number of amides is 1. The lowest BCUT2D eigenvalue weighted by Gasteiger charge is -2.10. The summed E-state index contributed by atoms with van der Waals surface area (Å²) in [7, 11) is 0. The molecule has 0 bridgehead atoms. The van der Waals surface area contributed by atoms with Crippen molar-refractivity contribution >= 4 is 23.5 Å². The summed E-state index contributed by atoms with van der Waals surface area (Å²) in [5.41, 5.74) is 0.501. The summed E-state index contributed by atoms with van der Waals surface area (Å²) in [5.74, 6) is 1.07. The highest BCUT2D eigenvalue weighted by atomic mass is 35.5. The molecular formula is C13H16ClN3O3. The molecule has 0 saturated carbocycles. The summed E-state index contributed by atoms with van der Waals surface area (Å²) >= 11 is 5.73. The molecule has 0 radical (unpaired) electrons. The number of aryl methyl sites for hydroxylation is 1. The summed E-state index contributed by atoms with van der Waals surface area (Å²) in [4.78, 5) is 12.0. The number of carbonyl (C=O) groups is 1. The molecule has 1 N–H and O–H groups in total. The third kappa shape index (κ3) is 3.01. The second kappa shape index (κ2) is 5.28. The first-order valence-corrected chi connectivity index (χ1v) is 6.65. The van der Waals surface area contributed by atoms with Gasteiger partial charge in [-0.25, -0.2) is 0 Å². The van der Waals surface area contributed by atoms with Crippen LogP contribution in [-0.4, -0.2) is 16.1 Å². The maximum absolute atomic E-state index is 12.0. The van der Waals surface area contributed by atoms with Crippen LogP contribution >= 0.6 is 11.6 Å². The Labute approximate surface area is 121 Å². The number of halogens is 1. The molecule has 0 aliphatic rings. The zero-order valence-corrected chi connectivity index (χ0v) is 12.5. The highest BCUT2D eigenvalue weighted by molar-refractivity contribution is 6.17. The van der Waals surface area contributed by atoms with Crippen LogP contribution in [0.2, 0.25) is 0 Å². The second-order valence-electron chi connectivity index (χ2n) is 5.44. The number of nitrogens with one attached hydrogen (secondary N) is 1. The first-order valence-electron chi connectivity index (χ1n) is 6.12. The van der Waals surface area contributed by atoms with Crippen LogP contribution in [0.25, 0.3) is 0 Å². The molecule has 1 amide bonds. The van der Waals surface area contributed by atoms with Gasteiger partial charge in [0.25, 0.3) is 5.91 Å². The molecule has 2 aromatic heterocycles. The predicted octanol–water partition coefficient (Wildman–Crippen LogP) is 3.26. The molecule has 0 fully saturated rings. The molecule has 0 aromatic carbocycles. The van der Waals surface area contributed by atoms with E-state index < -0.39 is 5.91 Å². The lowest BCUT2D eigenvalue weighted by atomic mass is 9.97. The van der Waals surface area contributed by atoms with Crippen LogP contribution in [0.1, 0.15) is 48.5 Å². The number of alkyl halides is 1. The Bertz CT molecular complexity index is 625. The van der Waals surface area contributed by atoms with Crippen molar-refractivity contribution in [2.45, 2.75) is 39.0 Å². The average molecular weight is 298 g/mol. The van der Waals surface area contributed by atoms with Gasteiger partial charge in [0.1, 0.15) is 5.76 Å². The van der Waals surface area contributed by atoms with Gasteiger partial charge in [-0.15, -0.1) is 16.7 Å². The third-order valence-electron chi connectivity index (χ3n) is 2.68. The van der Waals surface area contributed by atoms with E-state index in [-0.39, 0.29) is 23.1 Å². The molecule has 6 nitrogen and oxygen atoms in total. The van der Waals surface area contributed by atoms with Crippen LogP contribution in [0.15, 0.2) is 14.9 Å². The SMILES string of the molecule is Cc1oc(C(=O)Nc2nnc(C(C)(C)C)o2)cc1CCl. The van der Waals surface area contributed by atoms with Crippen LogP contribution in [0, 0.1) is 6.92 Å². The Morgan fingerprint density at radius 3 is 2.55 bits per heavy atom. The highest BCUT2D eigenvalue weighted by Crippen LogP contribution is 2.22. The van der Waals surface area contributed by atoms with Gasteiger partial charge < -0.3 is 8.83 Å². The van der Waals surface area contributed by atoms with Gasteiger partial charge in [-0.05, 0) is 13.0 Å². The molecule has 7 heteroatoms. The Hall–Kier alpha value is -1.82. The van der Waals surface area contributed by atoms with Crippen molar-refractivity contribution in [1.82, 2.24) is 10.2 Å². The number of rotatable bonds is 3. The summed E-state index contributed by atoms with van der Waals surface area (Å²) in [5, 5.41) is 10.2. The van der Waals surface area contributed by atoms with Crippen LogP contribution in [0.5, 0.6) is 0 Å². The standard InChI is InChI=1S/C13H16ClN3O3/c1-7-8(6-14)5-9(19-7)10(18)15-12-17-16-11(20-12)13(2,3)4/h5H,6H2,1-4H3,(H,15,17,18). The lowest BCUT2D eigenvalue weighted by molar-refractivity contribution is 0.0992. The minimum atomic E-state index is -0.450. The molecule has 2 rings (SSSR count). The smallest absolute Gasteiger partial charge is 0.322 e. The number of aromatic nitrogens is 2. The van der Waals surface area contributed by atoms with Gasteiger partial charge in [0.2, 0.25) is 5.89 Å². The fraction of sp³-hybridized carbons (Fsp3) is 0.462. The van der Waals surface area contributed by atoms with E-state index >= 15 is 0 Å². The van der Waals surface area contributed by atoms with Crippen molar-refractivity contribution in [2.24, 2.45) is 0 Å². The summed E-state index contributed by atoms with van der Waals surface area (Å²) in [6.07, 6.45) is 0. The van der Waals surface area contributed by atoms with Crippen molar-refractivity contribution in [1.29, 1.82) is 0 Å². The zero-order valence-electron chi connectivity index (χ0n) is 11.8. The first-order chi connectivity index (χ1) is 9.31. The molecule has 108 valence electrons. The molecule has 20 heavy (non-hydrogen) atoms. The van der Waals surface area contributed by atoms with E-state index in [1.54, 1.807) is 13.0 Å². The molecule has 0 aliphatic carbocycles. The van der Waals surface area contributed by atoms with E-state index in [0.717, 1.165) is 5.56 Å². The molecule has 0 aliphatic heterocycles. The van der Waals surface area contributed by atoms with E-state index in [1.807, 2.05) is 20.8 Å². The molecular weight excluding hydrogens is 282 g/mol. The van der Waals surface area contributed by atoms with Gasteiger partial charge in [0, 0.05) is 11.0 Å². The maximum Gasteiger partial charge on any atom is 0.322 e.